The van der Waals surface area contributed by atoms with E-state index >= 15 is 0 Å². The summed E-state index contributed by atoms with van der Waals surface area (Å²) < 4.78 is 5.35. The summed E-state index contributed by atoms with van der Waals surface area (Å²) in [6.45, 7) is 0.750. The zero-order chi connectivity index (χ0) is 11.5. The van der Waals surface area contributed by atoms with Gasteiger partial charge in [0.15, 0.2) is 0 Å². The van der Waals surface area contributed by atoms with Gasteiger partial charge in [-0.15, -0.1) is 0 Å². The van der Waals surface area contributed by atoms with Gasteiger partial charge in [-0.05, 0) is 61.4 Å². The van der Waals surface area contributed by atoms with E-state index in [4.69, 9.17) is 22.1 Å². The summed E-state index contributed by atoms with van der Waals surface area (Å²) in [6.07, 6.45) is 3.63. The van der Waals surface area contributed by atoms with Crippen LogP contribution in [0.25, 0.3) is 0 Å². The molecule has 1 atom stereocenters. The molecule has 2 N–H and O–H groups in total. The van der Waals surface area contributed by atoms with Crippen LogP contribution in [0.3, 0.4) is 0 Å². The molecule has 0 saturated heterocycles. The second-order valence-electron chi connectivity index (χ2n) is 4.49. The highest BCUT2D eigenvalue weighted by molar-refractivity contribution is 6.30. The zero-order valence-electron chi connectivity index (χ0n) is 9.58. The molecule has 88 valence electrons. The highest BCUT2D eigenvalue weighted by atomic mass is 35.5. The van der Waals surface area contributed by atoms with Gasteiger partial charge in [0.25, 0.3) is 0 Å². The summed E-state index contributed by atoms with van der Waals surface area (Å²) in [4.78, 5) is 0. The van der Waals surface area contributed by atoms with E-state index in [0.29, 0.717) is 5.92 Å². The Morgan fingerprint density at radius 1 is 1.50 bits per heavy atom. The Balaban J connectivity index is 2.14. The Bertz CT molecular complexity index is 363. The molecule has 1 aromatic carbocycles. The number of benzene rings is 1. The minimum Gasteiger partial charge on any atom is -0.496 e. The van der Waals surface area contributed by atoms with Crippen LogP contribution in [0.4, 0.5) is 0 Å². The van der Waals surface area contributed by atoms with E-state index in [1.54, 1.807) is 7.11 Å². The molecule has 3 heteroatoms. The van der Waals surface area contributed by atoms with Crippen LogP contribution < -0.4 is 10.5 Å². The predicted octanol–water partition coefficient (Wildman–Crippen LogP) is 2.88. The summed E-state index contributed by atoms with van der Waals surface area (Å²) in [7, 11) is 1.70. The van der Waals surface area contributed by atoms with Crippen molar-refractivity contribution in [3.05, 3.63) is 28.8 Å². The molecule has 2 nitrogen and oxygen atoms in total. The predicted molar refractivity (Wildman–Crippen MR) is 67.0 cm³/mol. The van der Waals surface area contributed by atoms with Gasteiger partial charge in [0, 0.05) is 5.02 Å². The lowest BCUT2D eigenvalue weighted by Crippen LogP contribution is -2.19. The Morgan fingerprint density at radius 3 is 2.81 bits per heavy atom. The molecule has 1 aliphatic rings. The summed E-state index contributed by atoms with van der Waals surface area (Å²) in [5, 5.41) is 0.766. The normalized spacial score (nSPS) is 17.2. The molecular formula is C13H18ClNO. The molecule has 1 aliphatic carbocycles. The highest BCUT2D eigenvalue weighted by Gasteiger charge is 2.30. The van der Waals surface area contributed by atoms with E-state index in [2.05, 4.69) is 0 Å². The van der Waals surface area contributed by atoms with Crippen LogP contribution in [0.5, 0.6) is 5.75 Å². The lowest BCUT2D eigenvalue weighted by Gasteiger charge is -2.16. The van der Waals surface area contributed by atoms with E-state index in [-0.39, 0.29) is 0 Å². The molecule has 16 heavy (non-hydrogen) atoms. The Labute approximate surface area is 102 Å². The third-order valence-corrected chi connectivity index (χ3v) is 3.55. The molecule has 0 radical (unpaired) electrons. The van der Waals surface area contributed by atoms with Crippen molar-refractivity contribution in [2.75, 3.05) is 13.7 Å². The van der Waals surface area contributed by atoms with Crippen molar-refractivity contribution < 1.29 is 4.74 Å². The SMILES string of the molecule is COc1ccc(Cl)cc1CC(CN)C1CC1. The second kappa shape index (κ2) is 5.07. The van der Waals surface area contributed by atoms with Crippen molar-refractivity contribution >= 4 is 11.6 Å². The third kappa shape index (κ3) is 2.69. The van der Waals surface area contributed by atoms with Crippen LogP contribution in [0.15, 0.2) is 18.2 Å². The van der Waals surface area contributed by atoms with Gasteiger partial charge in [0.05, 0.1) is 7.11 Å². The number of nitrogens with two attached hydrogens (primary N) is 1. The molecule has 1 aromatic rings. The topological polar surface area (TPSA) is 35.2 Å². The number of ether oxygens (including phenoxy) is 1. The molecule has 0 spiro atoms. The maximum atomic E-state index is 6.01. The molecule has 1 unspecified atom stereocenters. The minimum absolute atomic E-state index is 0.576. The van der Waals surface area contributed by atoms with Crippen LogP contribution in [0.2, 0.25) is 5.02 Å². The Morgan fingerprint density at radius 2 is 2.25 bits per heavy atom. The maximum Gasteiger partial charge on any atom is 0.122 e. The van der Waals surface area contributed by atoms with Crippen LogP contribution in [-0.2, 0) is 6.42 Å². The van der Waals surface area contributed by atoms with Crippen molar-refractivity contribution in [2.24, 2.45) is 17.6 Å². The number of halogens is 1. The van der Waals surface area contributed by atoms with E-state index in [1.165, 1.54) is 18.4 Å². The molecule has 0 aromatic heterocycles. The van der Waals surface area contributed by atoms with Crippen LogP contribution >= 0.6 is 11.6 Å². The number of hydrogen-bond donors (Lipinski definition) is 1. The summed E-state index contributed by atoms with van der Waals surface area (Å²) >= 11 is 6.01. The van der Waals surface area contributed by atoms with Crippen molar-refractivity contribution in [1.29, 1.82) is 0 Å². The van der Waals surface area contributed by atoms with Gasteiger partial charge in [-0.1, -0.05) is 11.6 Å². The first-order valence-corrected chi connectivity index (χ1v) is 6.15. The van der Waals surface area contributed by atoms with Gasteiger partial charge in [0.1, 0.15) is 5.75 Å². The summed E-state index contributed by atoms with van der Waals surface area (Å²) in [5.41, 5.74) is 7.00. The standard InChI is InChI=1S/C13H18ClNO/c1-16-13-5-4-12(14)7-10(13)6-11(8-15)9-2-3-9/h4-5,7,9,11H,2-3,6,8,15H2,1H3. The summed E-state index contributed by atoms with van der Waals surface area (Å²) in [6, 6.07) is 5.78. The first kappa shape index (κ1) is 11.7. The first-order valence-electron chi connectivity index (χ1n) is 5.77. The number of methoxy groups -OCH3 is 1. The van der Waals surface area contributed by atoms with Gasteiger partial charge in [-0.2, -0.15) is 0 Å². The van der Waals surface area contributed by atoms with E-state index < -0.39 is 0 Å². The average Bonchev–Trinajstić information content (AvgIpc) is 3.10. The Hall–Kier alpha value is -0.730. The smallest absolute Gasteiger partial charge is 0.122 e. The van der Waals surface area contributed by atoms with Crippen molar-refractivity contribution in [3.8, 4) is 5.75 Å². The molecular weight excluding hydrogens is 222 g/mol. The summed E-state index contributed by atoms with van der Waals surface area (Å²) in [5.74, 6) is 2.31. The second-order valence-corrected chi connectivity index (χ2v) is 4.93. The van der Waals surface area contributed by atoms with E-state index in [9.17, 15) is 0 Å². The van der Waals surface area contributed by atoms with Crippen LogP contribution in [0, 0.1) is 11.8 Å². The molecule has 0 amide bonds. The quantitative estimate of drug-likeness (QED) is 0.858. The monoisotopic (exact) mass is 239 g/mol. The van der Waals surface area contributed by atoms with Gasteiger partial charge in [-0.25, -0.2) is 0 Å². The fraction of sp³-hybridized carbons (Fsp3) is 0.538. The van der Waals surface area contributed by atoms with Crippen molar-refractivity contribution in [1.82, 2.24) is 0 Å². The van der Waals surface area contributed by atoms with Crippen molar-refractivity contribution in [2.45, 2.75) is 19.3 Å². The average molecular weight is 240 g/mol. The number of rotatable bonds is 5. The molecule has 0 bridgehead atoms. The number of hydrogen-bond acceptors (Lipinski definition) is 2. The Kier molecular flexibility index (Phi) is 3.72. The molecule has 0 aliphatic heterocycles. The molecule has 0 heterocycles. The lowest BCUT2D eigenvalue weighted by atomic mass is 9.94. The third-order valence-electron chi connectivity index (χ3n) is 3.32. The fourth-order valence-corrected chi connectivity index (χ4v) is 2.39. The van der Waals surface area contributed by atoms with Gasteiger partial charge in [0.2, 0.25) is 0 Å². The minimum atomic E-state index is 0.576. The zero-order valence-corrected chi connectivity index (χ0v) is 10.3. The van der Waals surface area contributed by atoms with Crippen LogP contribution in [0.1, 0.15) is 18.4 Å². The highest BCUT2D eigenvalue weighted by Crippen LogP contribution is 2.39. The largest absolute Gasteiger partial charge is 0.496 e. The van der Waals surface area contributed by atoms with Gasteiger partial charge >= 0.3 is 0 Å². The van der Waals surface area contributed by atoms with Crippen molar-refractivity contribution in [3.63, 3.8) is 0 Å². The van der Waals surface area contributed by atoms with Gasteiger partial charge < -0.3 is 10.5 Å². The molecule has 1 fully saturated rings. The van der Waals surface area contributed by atoms with Crippen LogP contribution in [-0.4, -0.2) is 13.7 Å². The van der Waals surface area contributed by atoms with Gasteiger partial charge in [-0.3, -0.25) is 0 Å². The first-order chi connectivity index (χ1) is 7.74. The van der Waals surface area contributed by atoms with E-state index in [0.717, 1.165) is 29.7 Å². The van der Waals surface area contributed by atoms with E-state index in [1.807, 2.05) is 18.2 Å². The molecule has 2 rings (SSSR count). The maximum absolute atomic E-state index is 6.01. The fourth-order valence-electron chi connectivity index (χ4n) is 2.20. The molecule has 1 saturated carbocycles. The lowest BCUT2D eigenvalue weighted by molar-refractivity contribution is 0.399.